The largest absolute Gasteiger partial charge is 0.303 e. The first kappa shape index (κ1) is 13.9. The van der Waals surface area contributed by atoms with Crippen LogP contribution in [-0.2, 0) is 0 Å². The van der Waals surface area contributed by atoms with Crippen LogP contribution in [0.1, 0.15) is 58.3 Å². The fraction of sp³-hybridized carbons (Fsp3) is 0.765. The Bertz CT molecular complexity index is 284. The molecule has 0 amide bonds. The van der Waals surface area contributed by atoms with Crippen molar-refractivity contribution in [2.75, 3.05) is 19.6 Å². The molecule has 102 valence electrons. The van der Waals surface area contributed by atoms with Crippen LogP contribution in [0.5, 0.6) is 0 Å². The molecule has 0 aromatic carbocycles. The Labute approximate surface area is 113 Å². The summed E-state index contributed by atoms with van der Waals surface area (Å²) >= 11 is 0. The minimum Gasteiger partial charge on any atom is -0.303 e. The summed E-state index contributed by atoms with van der Waals surface area (Å²) in [7, 11) is 0. The zero-order chi connectivity index (χ0) is 12.6. The topological polar surface area (TPSA) is 3.24 Å². The van der Waals surface area contributed by atoms with E-state index in [-0.39, 0.29) is 0 Å². The van der Waals surface area contributed by atoms with E-state index in [1.807, 2.05) is 0 Å². The van der Waals surface area contributed by atoms with E-state index in [0.29, 0.717) is 0 Å². The lowest BCUT2D eigenvalue weighted by atomic mass is 9.87. The van der Waals surface area contributed by atoms with Crippen LogP contribution in [0.4, 0.5) is 0 Å². The molecule has 0 aromatic rings. The summed E-state index contributed by atoms with van der Waals surface area (Å²) in [6, 6.07) is 0. The lowest BCUT2D eigenvalue weighted by Gasteiger charge is -2.26. The fourth-order valence-corrected chi connectivity index (χ4v) is 3.36. The average Bonchev–Trinajstić information content (AvgIpc) is 2.64. The van der Waals surface area contributed by atoms with Gasteiger partial charge in [0.2, 0.25) is 0 Å². The van der Waals surface area contributed by atoms with E-state index in [9.17, 15) is 0 Å². The lowest BCUT2D eigenvalue weighted by molar-refractivity contribution is 0.240. The van der Waals surface area contributed by atoms with Gasteiger partial charge in [-0.25, -0.2) is 0 Å². The number of rotatable bonds is 4. The third-order valence-electron chi connectivity index (χ3n) is 4.53. The van der Waals surface area contributed by atoms with Crippen molar-refractivity contribution in [2.24, 2.45) is 5.92 Å². The zero-order valence-electron chi connectivity index (χ0n) is 12.0. The molecule has 0 radical (unpaired) electrons. The highest BCUT2D eigenvalue weighted by molar-refractivity contribution is 5.19. The minimum absolute atomic E-state index is 1.03. The SMILES string of the molecule is C/C=C\C1=CCCN(CCC2CCCCC2)CC1. The first-order valence-corrected chi connectivity index (χ1v) is 7.92. The smallest absolute Gasteiger partial charge is 0.00218 e. The maximum atomic E-state index is 2.68. The van der Waals surface area contributed by atoms with Crippen LogP contribution in [0.3, 0.4) is 0 Å². The molecule has 0 saturated heterocycles. The van der Waals surface area contributed by atoms with Gasteiger partial charge in [0.25, 0.3) is 0 Å². The highest BCUT2D eigenvalue weighted by atomic mass is 15.1. The Balaban J connectivity index is 1.68. The molecule has 1 nitrogen and oxygen atoms in total. The predicted molar refractivity (Wildman–Crippen MR) is 79.8 cm³/mol. The van der Waals surface area contributed by atoms with Gasteiger partial charge in [0.15, 0.2) is 0 Å². The Hall–Kier alpha value is -0.560. The van der Waals surface area contributed by atoms with Crippen molar-refractivity contribution >= 4 is 0 Å². The van der Waals surface area contributed by atoms with Crippen molar-refractivity contribution in [1.29, 1.82) is 0 Å². The molecule has 1 heterocycles. The summed E-state index contributed by atoms with van der Waals surface area (Å²) in [6.07, 6.45) is 18.3. The van der Waals surface area contributed by atoms with E-state index in [1.165, 1.54) is 76.6 Å². The van der Waals surface area contributed by atoms with E-state index < -0.39 is 0 Å². The molecule has 2 aliphatic rings. The summed E-state index contributed by atoms with van der Waals surface area (Å²) in [5.74, 6) is 1.03. The molecular weight excluding hydrogens is 218 g/mol. The molecule has 1 heteroatoms. The molecule has 1 saturated carbocycles. The molecule has 0 spiro atoms. The van der Waals surface area contributed by atoms with Gasteiger partial charge in [0, 0.05) is 13.1 Å². The quantitative estimate of drug-likeness (QED) is 0.704. The number of hydrogen-bond donors (Lipinski definition) is 0. The first-order chi connectivity index (χ1) is 8.88. The number of hydrogen-bond acceptors (Lipinski definition) is 1. The van der Waals surface area contributed by atoms with Crippen molar-refractivity contribution in [3.63, 3.8) is 0 Å². The number of nitrogens with zero attached hydrogens (tertiary/aromatic N) is 1. The molecule has 0 aromatic heterocycles. The summed E-state index contributed by atoms with van der Waals surface area (Å²) in [5.41, 5.74) is 1.54. The van der Waals surface area contributed by atoms with Gasteiger partial charge in [-0.15, -0.1) is 0 Å². The van der Waals surface area contributed by atoms with Crippen LogP contribution >= 0.6 is 0 Å². The van der Waals surface area contributed by atoms with Gasteiger partial charge in [-0.05, 0) is 38.6 Å². The van der Waals surface area contributed by atoms with E-state index in [0.717, 1.165) is 5.92 Å². The summed E-state index contributed by atoms with van der Waals surface area (Å²) in [4.78, 5) is 2.68. The van der Waals surface area contributed by atoms with Crippen LogP contribution in [0, 0.1) is 5.92 Å². The van der Waals surface area contributed by atoms with Crippen molar-refractivity contribution in [1.82, 2.24) is 4.90 Å². The maximum Gasteiger partial charge on any atom is 0.00218 e. The van der Waals surface area contributed by atoms with Gasteiger partial charge in [-0.1, -0.05) is 55.9 Å². The summed E-state index contributed by atoms with van der Waals surface area (Å²) in [5, 5.41) is 0. The van der Waals surface area contributed by atoms with Gasteiger partial charge >= 0.3 is 0 Å². The number of allylic oxidation sites excluding steroid dienone is 2. The molecule has 0 bridgehead atoms. The molecule has 1 aliphatic heterocycles. The summed E-state index contributed by atoms with van der Waals surface area (Å²) in [6.45, 7) is 5.99. The summed E-state index contributed by atoms with van der Waals surface area (Å²) < 4.78 is 0. The van der Waals surface area contributed by atoms with E-state index in [1.54, 1.807) is 0 Å². The van der Waals surface area contributed by atoms with E-state index >= 15 is 0 Å². The molecule has 2 rings (SSSR count). The highest BCUT2D eigenvalue weighted by Gasteiger charge is 2.15. The van der Waals surface area contributed by atoms with Gasteiger partial charge in [0.1, 0.15) is 0 Å². The molecule has 18 heavy (non-hydrogen) atoms. The van der Waals surface area contributed by atoms with Gasteiger partial charge in [-0.3, -0.25) is 0 Å². The monoisotopic (exact) mass is 247 g/mol. The van der Waals surface area contributed by atoms with E-state index in [4.69, 9.17) is 0 Å². The third-order valence-corrected chi connectivity index (χ3v) is 4.53. The van der Waals surface area contributed by atoms with Crippen molar-refractivity contribution in [2.45, 2.75) is 58.3 Å². The maximum absolute atomic E-state index is 2.68. The standard InChI is InChI=1S/C17H29N/c1-2-7-16-10-6-13-18(14-11-16)15-12-17-8-4-3-5-9-17/h2,7,10,17H,3-6,8-9,11-15H2,1H3/b7-2-. The molecule has 0 N–H and O–H groups in total. The second-order valence-electron chi connectivity index (χ2n) is 5.95. The zero-order valence-corrected chi connectivity index (χ0v) is 12.0. The lowest BCUT2D eigenvalue weighted by Crippen LogP contribution is -2.27. The average molecular weight is 247 g/mol. The van der Waals surface area contributed by atoms with Gasteiger partial charge in [0.05, 0.1) is 0 Å². The highest BCUT2D eigenvalue weighted by Crippen LogP contribution is 2.26. The Morgan fingerprint density at radius 2 is 2.06 bits per heavy atom. The molecular formula is C17H29N. The van der Waals surface area contributed by atoms with Crippen molar-refractivity contribution in [3.05, 3.63) is 23.8 Å². The first-order valence-electron chi connectivity index (χ1n) is 7.92. The molecule has 0 atom stereocenters. The normalized spacial score (nSPS) is 24.2. The van der Waals surface area contributed by atoms with Crippen LogP contribution in [0.15, 0.2) is 23.8 Å². The van der Waals surface area contributed by atoms with Crippen LogP contribution in [-0.4, -0.2) is 24.5 Å². The Kier molecular flexibility index (Phi) is 5.99. The molecule has 0 unspecified atom stereocenters. The van der Waals surface area contributed by atoms with Crippen LogP contribution in [0.25, 0.3) is 0 Å². The Morgan fingerprint density at radius 3 is 2.83 bits per heavy atom. The second-order valence-corrected chi connectivity index (χ2v) is 5.95. The Morgan fingerprint density at radius 1 is 1.22 bits per heavy atom. The van der Waals surface area contributed by atoms with Crippen LogP contribution < -0.4 is 0 Å². The third kappa shape index (κ3) is 4.61. The van der Waals surface area contributed by atoms with E-state index in [2.05, 4.69) is 30.1 Å². The van der Waals surface area contributed by atoms with Gasteiger partial charge < -0.3 is 4.90 Å². The minimum atomic E-state index is 1.03. The molecule has 1 fully saturated rings. The van der Waals surface area contributed by atoms with Crippen LogP contribution in [0.2, 0.25) is 0 Å². The fourth-order valence-electron chi connectivity index (χ4n) is 3.36. The predicted octanol–water partition coefficient (Wildman–Crippen LogP) is 4.56. The van der Waals surface area contributed by atoms with Crippen molar-refractivity contribution < 1.29 is 0 Å². The second kappa shape index (κ2) is 7.78. The van der Waals surface area contributed by atoms with Gasteiger partial charge in [-0.2, -0.15) is 0 Å². The molecule has 1 aliphatic carbocycles. The van der Waals surface area contributed by atoms with Crippen molar-refractivity contribution in [3.8, 4) is 0 Å².